The summed E-state index contributed by atoms with van der Waals surface area (Å²) in [6.07, 6.45) is 2.66. The molecule has 1 fully saturated rings. The van der Waals surface area contributed by atoms with Gasteiger partial charge in [-0.05, 0) is 24.6 Å². The molecule has 1 aliphatic rings. The van der Waals surface area contributed by atoms with E-state index in [0.29, 0.717) is 5.52 Å². The fourth-order valence-electron chi connectivity index (χ4n) is 2.54. The normalized spacial score (nSPS) is 18.6. The number of benzene rings is 1. The molecule has 1 atom stereocenters. The number of carbonyl (C=O) groups is 1. The van der Waals surface area contributed by atoms with Crippen LogP contribution in [0.25, 0.3) is 10.9 Å². The topological polar surface area (TPSA) is 75.5 Å². The molecule has 2 heterocycles. The highest BCUT2D eigenvalue weighted by Crippen LogP contribution is 2.27. The minimum atomic E-state index is -0.951. The number of hydrogen-bond acceptors (Lipinski definition) is 5. The summed E-state index contributed by atoms with van der Waals surface area (Å²) in [5, 5.41) is 9.89. The Morgan fingerprint density at radius 1 is 1.45 bits per heavy atom. The van der Waals surface area contributed by atoms with Gasteiger partial charge in [0.15, 0.2) is 0 Å². The lowest BCUT2D eigenvalue weighted by Gasteiger charge is -2.18. The molecular formula is C14H15N3O3. The Hall–Kier alpha value is -2.21. The minimum Gasteiger partial charge on any atom is -0.478 e. The third-order valence-electron chi connectivity index (χ3n) is 3.64. The SMILES string of the molecule is COC1CCN(c2ncnc3cc(C(=O)O)ccc23)C1. The average Bonchev–Trinajstić information content (AvgIpc) is 2.94. The zero-order valence-corrected chi connectivity index (χ0v) is 11.1. The Balaban J connectivity index is 2.02. The molecule has 1 N–H and O–H groups in total. The summed E-state index contributed by atoms with van der Waals surface area (Å²) in [4.78, 5) is 21.7. The third-order valence-corrected chi connectivity index (χ3v) is 3.64. The maximum absolute atomic E-state index is 11.0. The van der Waals surface area contributed by atoms with Crippen LogP contribution in [0.3, 0.4) is 0 Å². The standard InChI is InChI=1S/C14H15N3O3/c1-20-10-4-5-17(7-10)13-11-3-2-9(14(18)19)6-12(11)15-8-16-13/h2-3,6,8,10H,4-5,7H2,1H3,(H,18,19). The van der Waals surface area contributed by atoms with Gasteiger partial charge in [0.25, 0.3) is 0 Å². The van der Waals surface area contributed by atoms with E-state index < -0.39 is 5.97 Å². The highest BCUT2D eigenvalue weighted by atomic mass is 16.5. The molecule has 20 heavy (non-hydrogen) atoms. The Labute approximate surface area is 116 Å². The second kappa shape index (κ2) is 5.05. The molecule has 6 heteroatoms. The number of nitrogens with zero attached hydrogens (tertiary/aromatic N) is 3. The van der Waals surface area contributed by atoms with Gasteiger partial charge in [-0.3, -0.25) is 0 Å². The van der Waals surface area contributed by atoms with Gasteiger partial charge < -0.3 is 14.7 Å². The van der Waals surface area contributed by atoms with E-state index in [9.17, 15) is 4.79 Å². The molecular weight excluding hydrogens is 258 g/mol. The van der Waals surface area contributed by atoms with E-state index in [2.05, 4.69) is 14.9 Å². The average molecular weight is 273 g/mol. The lowest BCUT2D eigenvalue weighted by molar-refractivity contribution is 0.0697. The molecule has 1 unspecified atom stereocenters. The number of anilines is 1. The number of carboxylic acid groups (broad SMARTS) is 1. The Morgan fingerprint density at radius 2 is 2.30 bits per heavy atom. The number of hydrogen-bond donors (Lipinski definition) is 1. The molecule has 0 radical (unpaired) electrons. The molecule has 0 amide bonds. The van der Waals surface area contributed by atoms with Crippen LogP contribution in [-0.4, -0.2) is 47.3 Å². The molecule has 0 aliphatic carbocycles. The third kappa shape index (κ3) is 2.18. The first kappa shape index (κ1) is 12.8. The minimum absolute atomic E-state index is 0.221. The number of methoxy groups -OCH3 is 1. The summed E-state index contributed by atoms with van der Waals surface area (Å²) in [6.45, 7) is 1.68. The van der Waals surface area contributed by atoms with Crippen molar-refractivity contribution in [3.63, 3.8) is 0 Å². The monoisotopic (exact) mass is 273 g/mol. The first-order chi connectivity index (χ1) is 9.69. The van der Waals surface area contributed by atoms with Crippen LogP contribution in [0.2, 0.25) is 0 Å². The van der Waals surface area contributed by atoms with Crippen LogP contribution in [0.15, 0.2) is 24.5 Å². The van der Waals surface area contributed by atoms with Gasteiger partial charge in [-0.2, -0.15) is 0 Å². The van der Waals surface area contributed by atoms with E-state index in [1.165, 1.54) is 6.33 Å². The van der Waals surface area contributed by atoms with Crippen molar-refractivity contribution in [1.82, 2.24) is 9.97 Å². The van der Waals surface area contributed by atoms with Crippen LogP contribution in [0.4, 0.5) is 5.82 Å². The van der Waals surface area contributed by atoms with Crippen molar-refractivity contribution in [2.75, 3.05) is 25.1 Å². The molecule has 1 saturated heterocycles. The maximum Gasteiger partial charge on any atom is 0.335 e. The maximum atomic E-state index is 11.0. The Bertz CT molecular complexity index is 659. The predicted molar refractivity (Wildman–Crippen MR) is 74.1 cm³/mol. The van der Waals surface area contributed by atoms with Crippen molar-refractivity contribution in [3.8, 4) is 0 Å². The zero-order valence-electron chi connectivity index (χ0n) is 11.1. The predicted octanol–water partition coefficient (Wildman–Crippen LogP) is 1.55. The summed E-state index contributed by atoms with van der Waals surface area (Å²) in [7, 11) is 1.71. The van der Waals surface area contributed by atoms with Gasteiger partial charge in [-0.15, -0.1) is 0 Å². The van der Waals surface area contributed by atoms with Gasteiger partial charge >= 0.3 is 5.97 Å². The molecule has 1 aromatic carbocycles. The quantitative estimate of drug-likeness (QED) is 0.914. The van der Waals surface area contributed by atoms with Gasteiger partial charge in [0.05, 0.1) is 17.2 Å². The van der Waals surface area contributed by atoms with E-state index >= 15 is 0 Å². The van der Waals surface area contributed by atoms with Crippen LogP contribution in [-0.2, 0) is 4.74 Å². The molecule has 2 aromatic rings. The first-order valence-electron chi connectivity index (χ1n) is 6.45. The summed E-state index contributed by atoms with van der Waals surface area (Å²) in [5.74, 6) is -0.112. The first-order valence-corrected chi connectivity index (χ1v) is 6.45. The fourth-order valence-corrected chi connectivity index (χ4v) is 2.54. The number of aromatic carboxylic acids is 1. The molecule has 6 nitrogen and oxygen atoms in total. The van der Waals surface area contributed by atoms with Crippen molar-refractivity contribution < 1.29 is 14.6 Å². The van der Waals surface area contributed by atoms with Gasteiger partial charge in [0.2, 0.25) is 0 Å². The Morgan fingerprint density at radius 3 is 3.00 bits per heavy atom. The van der Waals surface area contributed by atoms with Crippen LogP contribution < -0.4 is 4.90 Å². The highest BCUT2D eigenvalue weighted by molar-refractivity contribution is 5.96. The molecule has 0 bridgehead atoms. The van der Waals surface area contributed by atoms with E-state index in [4.69, 9.17) is 9.84 Å². The van der Waals surface area contributed by atoms with Crippen molar-refractivity contribution in [2.45, 2.75) is 12.5 Å². The van der Waals surface area contributed by atoms with Crippen molar-refractivity contribution >= 4 is 22.7 Å². The number of fused-ring (bicyclic) bond motifs is 1. The van der Waals surface area contributed by atoms with Crippen molar-refractivity contribution in [2.24, 2.45) is 0 Å². The summed E-state index contributed by atoms with van der Waals surface area (Å²) in [5.41, 5.74) is 0.883. The van der Waals surface area contributed by atoms with E-state index in [1.54, 1.807) is 25.3 Å². The number of aromatic nitrogens is 2. The molecule has 1 aromatic heterocycles. The lowest BCUT2D eigenvalue weighted by Crippen LogP contribution is -2.23. The van der Waals surface area contributed by atoms with Crippen LogP contribution >= 0.6 is 0 Å². The van der Waals surface area contributed by atoms with Crippen LogP contribution in [0, 0.1) is 0 Å². The van der Waals surface area contributed by atoms with Gasteiger partial charge in [0.1, 0.15) is 12.1 Å². The van der Waals surface area contributed by atoms with Crippen LogP contribution in [0.5, 0.6) is 0 Å². The van der Waals surface area contributed by atoms with Gasteiger partial charge in [0, 0.05) is 25.6 Å². The smallest absolute Gasteiger partial charge is 0.335 e. The largest absolute Gasteiger partial charge is 0.478 e. The second-order valence-electron chi connectivity index (χ2n) is 4.83. The highest BCUT2D eigenvalue weighted by Gasteiger charge is 2.24. The molecule has 3 rings (SSSR count). The second-order valence-corrected chi connectivity index (χ2v) is 4.83. The van der Waals surface area contributed by atoms with Gasteiger partial charge in [-0.1, -0.05) is 0 Å². The van der Waals surface area contributed by atoms with E-state index in [-0.39, 0.29) is 11.7 Å². The molecule has 0 saturated carbocycles. The number of carboxylic acids is 1. The number of rotatable bonds is 3. The van der Waals surface area contributed by atoms with E-state index in [1.807, 2.05) is 0 Å². The summed E-state index contributed by atoms with van der Waals surface area (Å²) in [6, 6.07) is 4.93. The van der Waals surface area contributed by atoms with Crippen molar-refractivity contribution in [1.29, 1.82) is 0 Å². The zero-order chi connectivity index (χ0) is 14.1. The summed E-state index contributed by atoms with van der Waals surface area (Å²) >= 11 is 0. The van der Waals surface area contributed by atoms with Crippen LogP contribution in [0.1, 0.15) is 16.8 Å². The van der Waals surface area contributed by atoms with Crippen molar-refractivity contribution in [3.05, 3.63) is 30.1 Å². The lowest BCUT2D eigenvalue weighted by atomic mass is 10.1. The molecule has 104 valence electrons. The molecule has 0 spiro atoms. The number of ether oxygens (including phenoxy) is 1. The fraction of sp³-hybridized carbons (Fsp3) is 0.357. The summed E-state index contributed by atoms with van der Waals surface area (Å²) < 4.78 is 5.36. The Kier molecular flexibility index (Phi) is 3.23. The van der Waals surface area contributed by atoms with Gasteiger partial charge in [-0.25, -0.2) is 14.8 Å². The molecule has 1 aliphatic heterocycles. The van der Waals surface area contributed by atoms with E-state index in [0.717, 1.165) is 30.7 Å².